The number of nitrogens with one attached hydrogen (secondary N) is 3. The Morgan fingerprint density at radius 3 is 2.62 bits per heavy atom. The van der Waals surface area contributed by atoms with Gasteiger partial charge in [-0.1, -0.05) is 17.7 Å². The van der Waals surface area contributed by atoms with Crippen molar-refractivity contribution in [2.24, 2.45) is 5.73 Å². The lowest BCUT2D eigenvalue weighted by Crippen LogP contribution is -2.36. The Hall–Kier alpha value is -2.21. The SMILES string of the molecule is CC(C)(C)OC(=O)N/C(=C/Nc1cccc(Cl)c1)C(=N)N. The summed E-state index contributed by atoms with van der Waals surface area (Å²) in [6.45, 7) is 5.23. The van der Waals surface area contributed by atoms with E-state index in [2.05, 4.69) is 10.6 Å². The molecule has 114 valence electrons. The van der Waals surface area contributed by atoms with E-state index in [-0.39, 0.29) is 11.5 Å². The third-order valence-corrected chi connectivity index (χ3v) is 2.37. The number of amidine groups is 1. The minimum absolute atomic E-state index is 0.101. The second kappa shape index (κ2) is 6.99. The molecule has 0 saturated heterocycles. The highest BCUT2D eigenvalue weighted by atomic mass is 35.5. The van der Waals surface area contributed by atoms with Crippen LogP contribution in [0.1, 0.15) is 20.8 Å². The lowest BCUT2D eigenvalue weighted by molar-refractivity contribution is 0.0549. The van der Waals surface area contributed by atoms with Crippen LogP contribution in [0.4, 0.5) is 10.5 Å². The van der Waals surface area contributed by atoms with Crippen molar-refractivity contribution in [3.63, 3.8) is 0 Å². The summed E-state index contributed by atoms with van der Waals surface area (Å²) in [4.78, 5) is 11.7. The van der Waals surface area contributed by atoms with Crippen LogP contribution in [0.25, 0.3) is 0 Å². The number of anilines is 1. The fraction of sp³-hybridized carbons (Fsp3) is 0.286. The van der Waals surface area contributed by atoms with Crippen molar-refractivity contribution in [3.8, 4) is 0 Å². The molecule has 7 heteroatoms. The topological polar surface area (TPSA) is 100 Å². The molecule has 0 unspecified atom stereocenters. The lowest BCUT2D eigenvalue weighted by Gasteiger charge is -2.20. The average Bonchev–Trinajstić information content (AvgIpc) is 2.32. The molecule has 6 nitrogen and oxygen atoms in total. The van der Waals surface area contributed by atoms with Crippen molar-refractivity contribution in [1.29, 1.82) is 5.41 Å². The molecule has 0 spiro atoms. The fourth-order valence-electron chi connectivity index (χ4n) is 1.33. The number of hydrogen-bond donors (Lipinski definition) is 4. The highest BCUT2D eigenvalue weighted by molar-refractivity contribution is 6.30. The summed E-state index contributed by atoms with van der Waals surface area (Å²) in [6, 6.07) is 6.99. The number of benzene rings is 1. The van der Waals surface area contributed by atoms with Gasteiger partial charge in [-0.15, -0.1) is 0 Å². The Kier molecular flexibility index (Phi) is 5.60. The smallest absolute Gasteiger partial charge is 0.412 e. The number of carbonyl (C=O) groups is 1. The molecule has 0 radical (unpaired) electrons. The fourth-order valence-corrected chi connectivity index (χ4v) is 1.52. The molecule has 21 heavy (non-hydrogen) atoms. The highest BCUT2D eigenvalue weighted by Crippen LogP contribution is 2.15. The van der Waals surface area contributed by atoms with Crippen LogP contribution in [0.3, 0.4) is 0 Å². The van der Waals surface area contributed by atoms with E-state index in [1.165, 1.54) is 6.20 Å². The summed E-state index contributed by atoms with van der Waals surface area (Å²) in [5.41, 5.74) is 5.59. The highest BCUT2D eigenvalue weighted by Gasteiger charge is 2.17. The van der Waals surface area contributed by atoms with Crippen LogP contribution in [0.15, 0.2) is 36.2 Å². The molecule has 0 aliphatic rings. The minimum atomic E-state index is -0.683. The zero-order valence-corrected chi connectivity index (χ0v) is 12.9. The third kappa shape index (κ3) is 6.67. The van der Waals surface area contributed by atoms with E-state index >= 15 is 0 Å². The summed E-state index contributed by atoms with van der Waals surface area (Å²) in [5.74, 6) is -0.296. The summed E-state index contributed by atoms with van der Waals surface area (Å²) in [7, 11) is 0. The van der Waals surface area contributed by atoms with Gasteiger partial charge < -0.3 is 15.8 Å². The number of amides is 1. The van der Waals surface area contributed by atoms with Gasteiger partial charge in [0, 0.05) is 16.9 Å². The van der Waals surface area contributed by atoms with Gasteiger partial charge in [0.25, 0.3) is 0 Å². The van der Waals surface area contributed by atoms with Gasteiger partial charge in [0.05, 0.1) is 0 Å². The van der Waals surface area contributed by atoms with Gasteiger partial charge in [-0.2, -0.15) is 0 Å². The number of nitrogens with two attached hydrogens (primary N) is 1. The molecule has 0 heterocycles. The van der Waals surface area contributed by atoms with E-state index in [9.17, 15) is 4.79 Å². The van der Waals surface area contributed by atoms with Crippen molar-refractivity contribution in [1.82, 2.24) is 5.32 Å². The van der Waals surface area contributed by atoms with Crippen LogP contribution in [0, 0.1) is 5.41 Å². The molecule has 0 atom stereocenters. The second-order valence-electron chi connectivity index (χ2n) is 5.25. The van der Waals surface area contributed by atoms with Gasteiger partial charge in [0.1, 0.15) is 17.1 Å². The van der Waals surface area contributed by atoms with E-state index in [1.54, 1.807) is 45.0 Å². The largest absolute Gasteiger partial charge is 0.444 e. The number of carbonyl (C=O) groups excluding carboxylic acids is 1. The zero-order chi connectivity index (χ0) is 16.0. The first-order valence-corrected chi connectivity index (χ1v) is 6.62. The Labute approximate surface area is 128 Å². The maximum absolute atomic E-state index is 11.7. The molecular weight excluding hydrogens is 292 g/mol. The quantitative estimate of drug-likeness (QED) is 0.507. The maximum atomic E-state index is 11.7. The maximum Gasteiger partial charge on any atom is 0.412 e. The monoisotopic (exact) mass is 310 g/mol. The summed E-state index contributed by atoms with van der Waals surface area (Å²) < 4.78 is 5.10. The van der Waals surface area contributed by atoms with E-state index in [0.29, 0.717) is 10.7 Å². The van der Waals surface area contributed by atoms with Gasteiger partial charge in [0.2, 0.25) is 0 Å². The molecule has 0 aliphatic carbocycles. The molecule has 5 N–H and O–H groups in total. The van der Waals surface area contributed by atoms with Crippen LogP contribution in [0.2, 0.25) is 5.02 Å². The van der Waals surface area contributed by atoms with E-state index in [1.807, 2.05) is 0 Å². The molecule has 1 rings (SSSR count). The first-order valence-electron chi connectivity index (χ1n) is 6.24. The average molecular weight is 311 g/mol. The molecule has 0 aliphatic heterocycles. The van der Waals surface area contributed by atoms with Crippen molar-refractivity contribution < 1.29 is 9.53 Å². The molecule has 0 aromatic heterocycles. The summed E-state index contributed by atoms with van der Waals surface area (Å²) in [6.07, 6.45) is 0.717. The van der Waals surface area contributed by atoms with Gasteiger partial charge in [-0.05, 0) is 39.0 Å². The first kappa shape index (κ1) is 16.8. The standard InChI is InChI=1S/C14H19ClN4O2/c1-14(2,3)21-13(20)19-11(12(16)17)8-18-10-6-4-5-9(15)7-10/h4-8,18H,1-3H3,(H3,16,17)(H,19,20)/b11-8+. The number of halogens is 1. The van der Waals surface area contributed by atoms with Crippen LogP contribution in [-0.4, -0.2) is 17.5 Å². The van der Waals surface area contributed by atoms with Gasteiger partial charge in [-0.3, -0.25) is 10.7 Å². The number of rotatable bonds is 4. The number of ether oxygens (including phenoxy) is 1. The van der Waals surface area contributed by atoms with E-state index < -0.39 is 11.7 Å². The molecule has 1 aromatic carbocycles. The normalized spacial score (nSPS) is 11.7. The Bertz CT molecular complexity index is 564. The Morgan fingerprint density at radius 2 is 2.10 bits per heavy atom. The third-order valence-electron chi connectivity index (χ3n) is 2.13. The molecule has 0 fully saturated rings. The number of alkyl carbamates (subject to hydrolysis) is 1. The summed E-state index contributed by atoms with van der Waals surface area (Å²) in [5, 5.41) is 13.3. The van der Waals surface area contributed by atoms with Gasteiger partial charge in [-0.25, -0.2) is 4.79 Å². The van der Waals surface area contributed by atoms with Crippen LogP contribution >= 0.6 is 11.6 Å². The van der Waals surface area contributed by atoms with Crippen LogP contribution in [-0.2, 0) is 4.74 Å². The second-order valence-corrected chi connectivity index (χ2v) is 5.69. The predicted molar refractivity (Wildman–Crippen MR) is 84.4 cm³/mol. The van der Waals surface area contributed by atoms with Crippen LogP contribution in [0.5, 0.6) is 0 Å². The number of hydrogen-bond acceptors (Lipinski definition) is 4. The lowest BCUT2D eigenvalue weighted by atomic mass is 10.2. The van der Waals surface area contributed by atoms with E-state index in [4.69, 9.17) is 27.5 Å². The van der Waals surface area contributed by atoms with Gasteiger partial charge in [0.15, 0.2) is 0 Å². The van der Waals surface area contributed by atoms with Gasteiger partial charge >= 0.3 is 6.09 Å². The Morgan fingerprint density at radius 1 is 1.43 bits per heavy atom. The molecular formula is C14H19ClN4O2. The summed E-state index contributed by atoms with van der Waals surface area (Å²) >= 11 is 5.86. The van der Waals surface area contributed by atoms with Crippen molar-refractivity contribution in [2.45, 2.75) is 26.4 Å². The first-order chi connectivity index (χ1) is 9.67. The van der Waals surface area contributed by atoms with Crippen LogP contribution < -0.4 is 16.4 Å². The predicted octanol–water partition coefficient (Wildman–Crippen LogP) is 3.05. The van der Waals surface area contributed by atoms with Crippen molar-refractivity contribution >= 4 is 29.2 Å². The molecule has 0 saturated carbocycles. The van der Waals surface area contributed by atoms with E-state index in [0.717, 1.165) is 0 Å². The molecule has 1 aromatic rings. The molecule has 1 amide bonds. The van der Waals surface area contributed by atoms with Crippen molar-refractivity contribution in [2.75, 3.05) is 5.32 Å². The molecule has 0 bridgehead atoms. The Balaban J connectivity index is 2.75. The zero-order valence-electron chi connectivity index (χ0n) is 12.2. The minimum Gasteiger partial charge on any atom is -0.444 e. The van der Waals surface area contributed by atoms with Crippen molar-refractivity contribution in [3.05, 3.63) is 41.2 Å².